The molecule has 3 aromatic rings. The average molecular weight is 435 g/mol. The molecule has 2 aromatic heterocycles. The zero-order valence-electron chi connectivity index (χ0n) is 18.3. The molecule has 0 unspecified atom stereocenters. The van der Waals surface area contributed by atoms with E-state index in [1.165, 1.54) is 0 Å². The van der Waals surface area contributed by atoms with Crippen molar-refractivity contribution in [2.75, 3.05) is 13.6 Å². The number of rotatable bonds is 4. The van der Waals surface area contributed by atoms with Crippen molar-refractivity contribution in [3.05, 3.63) is 65.5 Å². The van der Waals surface area contributed by atoms with Crippen molar-refractivity contribution >= 4 is 23.2 Å². The highest BCUT2D eigenvalue weighted by Gasteiger charge is 2.22. The summed E-state index contributed by atoms with van der Waals surface area (Å²) < 4.78 is 5.42. The molecule has 160 valence electrons. The lowest BCUT2D eigenvalue weighted by Gasteiger charge is -2.25. The number of hydrogen-bond acceptors (Lipinski definition) is 5. The number of benzene rings is 1. The highest BCUT2D eigenvalue weighted by Crippen LogP contribution is 2.36. The molecule has 0 saturated carbocycles. The number of thiophene rings is 1. The van der Waals surface area contributed by atoms with Gasteiger partial charge in [-0.1, -0.05) is 6.07 Å². The monoisotopic (exact) mass is 434 g/mol. The van der Waals surface area contributed by atoms with E-state index in [4.69, 9.17) is 4.74 Å². The van der Waals surface area contributed by atoms with Gasteiger partial charge in [0, 0.05) is 46.9 Å². The largest absolute Gasteiger partial charge is 0.460 e. The molecular formula is C25H26N2O3S. The lowest BCUT2D eigenvalue weighted by molar-refractivity contribution is -0.153. The molecule has 0 spiro atoms. The van der Waals surface area contributed by atoms with Crippen LogP contribution < -0.4 is 0 Å². The fraction of sp³-hybridized carbons (Fsp3) is 0.320. The lowest BCUT2D eigenvalue weighted by atomic mass is 9.96. The Kier molecular flexibility index (Phi) is 5.67. The molecule has 1 aliphatic rings. The van der Waals surface area contributed by atoms with E-state index in [0.717, 1.165) is 50.5 Å². The topological polar surface area (TPSA) is 59.5 Å². The van der Waals surface area contributed by atoms with E-state index in [2.05, 4.69) is 23.2 Å². The van der Waals surface area contributed by atoms with Gasteiger partial charge in [-0.25, -0.2) is 0 Å². The smallest absolute Gasteiger partial charge is 0.310 e. The maximum Gasteiger partial charge on any atom is 0.310 e. The molecule has 5 nitrogen and oxygen atoms in total. The van der Waals surface area contributed by atoms with Gasteiger partial charge in [-0.15, -0.1) is 11.3 Å². The van der Waals surface area contributed by atoms with E-state index < -0.39 is 5.60 Å². The number of esters is 1. The van der Waals surface area contributed by atoms with Crippen LogP contribution in [0.15, 0.2) is 48.8 Å². The number of aromatic nitrogens is 1. The van der Waals surface area contributed by atoms with Crippen molar-refractivity contribution in [1.82, 2.24) is 9.88 Å². The fourth-order valence-electron chi connectivity index (χ4n) is 3.67. The first-order valence-electron chi connectivity index (χ1n) is 10.3. The molecule has 0 bridgehead atoms. The quantitative estimate of drug-likeness (QED) is 0.543. The Hall–Kier alpha value is -2.99. The molecule has 3 heterocycles. The minimum atomic E-state index is -0.500. The van der Waals surface area contributed by atoms with Gasteiger partial charge in [0.25, 0.3) is 5.91 Å². The number of carbonyl (C=O) groups excluding carboxylic acids is 2. The van der Waals surface area contributed by atoms with Crippen LogP contribution in [0.25, 0.3) is 20.9 Å². The van der Waals surface area contributed by atoms with Crippen molar-refractivity contribution in [1.29, 1.82) is 0 Å². The second kappa shape index (κ2) is 8.27. The summed E-state index contributed by atoms with van der Waals surface area (Å²) in [7, 11) is 1.84. The van der Waals surface area contributed by atoms with Gasteiger partial charge in [-0.05, 0) is 74.2 Å². The predicted octanol–water partition coefficient (Wildman–Crippen LogP) is 4.99. The average Bonchev–Trinajstić information content (AvgIpc) is 3.20. The van der Waals surface area contributed by atoms with E-state index in [0.29, 0.717) is 0 Å². The molecule has 0 atom stereocenters. The number of fused-ring (bicyclic) bond motifs is 1. The van der Waals surface area contributed by atoms with Gasteiger partial charge in [-0.3, -0.25) is 14.6 Å². The fourth-order valence-corrected chi connectivity index (χ4v) is 4.65. The predicted molar refractivity (Wildman–Crippen MR) is 123 cm³/mol. The van der Waals surface area contributed by atoms with Gasteiger partial charge in [0.2, 0.25) is 0 Å². The first-order chi connectivity index (χ1) is 14.7. The Balaban J connectivity index is 1.54. The van der Waals surface area contributed by atoms with Gasteiger partial charge in [0.05, 0.1) is 6.42 Å². The minimum Gasteiger partial charge on any atom is -0.460 e. The van der Waals surface area contributed by atoms with E-state index in [1.54, 1.807) is 22.4 Å². The summed E-state index contributed by atoms with van der Waals surface area (Å²) in [6.07, 6.45) is 4.60. The summed E-state index contributed by atoms with van der Waals surface area (Å²) in [5, 5.41) is 0. The molecule has 0 saturated heterocycles. The Morgan fingerprint density at radius 2 is 1.84 bits per heavy atom. The molecule has 0 fully saturated rings. The number of pyridine rings is 1. The van der Waals surface area contributed by atoms with E-state index in [-0.39, 0.29) is 18.3 Å². The zero-order valence-corrected chi connectivity index (χ0v) is 19.1. The van der Waals surface area contributed by atoms with Gasteiger partial charge >= 0.3 is 5.97 Å². The van der Waals surface area contributed by atoms with Crippen LogP contribution in [0.4, 0.5) is 0 Å². The Labute approximate surface area is 186 Å². The van der Waals surface area contributed by atoms with Crippen molar-refractivity contribution in [3.63, 3.8) is 0 Å². The van der Waals surface area contributed by atoms with Crippen LogP contribution >= 0.6 is 11.3 Å². The van der Waals surface area contributed by atoms with Crippen LogP contribution in [0.5, 0.6) is 0 Å². The summed E-state index contributed by atoms with van der Waals surface area (Å²) >= 11 is 1.68. The Bertz CT molecular complexity index is 1140. The maximum atomic E-state index is 12.3. The summed E-state index contributed by atoms with van der Waals surface area (Å²) in [5.74, 6) is -0.167. The molecular weight excluding hydrogens is 408 g/mol. The Morgan fingerprint density at radius 1 is 1.10 bits per heavy atom. The number of likely N-dealkylation sites (N-methyl/N-ethyl adjacent to an activating group) is 1. The highest BCUT2D eigenvalue weighted by molar-refractivity contribution is 7.18. The van der Waals surface area contributed by atoms with Gasteiger partial charge in [0.1, 0.15) is 5.60 Å². The molecule has 4 rings (SSSR count). The van der Waals surface area contributed by atoms with Gasteiger partial charge in [0.15, 0.2) is 0 Å². The first-order valence-corrected chi connectivity index (χ1v) is 11.2. The SMILES string of the molecule is CN1CCc2cc(-c3ccc(-c4cncc(CC(=O)OC(C)(C)C)c4)s3)ccc2C1=O. The van der Waals surface area contributed by atoms with Crippen LogP contribution in [0, 0.1) is 0 Å². The molecule has 0 radical (unpaired) electrons. The number of hydrogen-bond donors (Lipinski definition) is 0. The van der Waals surface area contributed by atoms with E-state index in [9.17, 15) is 9.59 Å². The van der Waals surface area contributed by atoms with Crippen LogP contribution in [0.2, 0.25) is 0 Å². The normalized spacial score (nSPS) is 13.8. The van der Waals surface area contributed by atoms with Crippen molar-refractivity contribution in [3.8, 4) is 20.9 Å². The van der Waals surface area contributed by atoms with Gasteiger partial charge in [-0.2, -0.15) is 0 Å². The van der Waals surface area contributed by atoms with Crippen molar-refractivity contribution in [2.45, 2.75) is 39.2 Å². The van der Waals surface area contributed by atoms with Crippen LogP contribution in [0.3, 0.4) is 0 Å². The molecule has 0 aliphatic carbocycles. The molecule has 31 heavy (non-hydrogen) atoms. The number of ether oxygens (including phenoxy) is 1. The second-order valence-corrected chi connectivity index (χ2v) is 9.94. The van der Waals surface area contributed by atoms with Gasteiger partial charge < -0.3 is 9.64 Å². The first kappa shape index (κ1) is 21.2. The van der Waals surface area contributed by atoms with Crippen LogP contribution in [-0.4, -0.2) is 41.0 Å². The number of amides is 1. The van der Waals surface area contributed by atoms with Crippen LogP contribution in [-0.2, 0) is 22.4 Å². The zero-order chi connectivity index (χ0) is 22.2. The maximum absolute atomic E-state index is 12.3. The van der Waals surface area contributed by atoms with E-state index in [1.807, 2.05) is 52.2 Å². The van der Waals surface area contributed by atoms with Crippen LogP contribution in [0.1, 0.15) is 42.3 Å². The number of carbonyl (C=O) groups is 2. The summed E-state index contributed by atoms with van der Waals surface area (Å²) in [4.78, 5) is 32.8. The third kappa shape index (κ3) is 4.85. The molecule has 1 amide bonds. The third-order valence-corrected chi connectivity index (χ3v) is 6.32. The second-order valence-electron chi connectivity index (χ2n) is 8.86. The highest BCUT2D eigenvalue weighted by atomic mass is 32.1. The summed E-state index contributed by atoms with van der Waals surface area (Å²) in [5.41, 5.74) is 4.33. The molecule has 1 aromatic carbocycles. The molecule has 1 aliphatic heterocycles. The molecule has 0 N–H and O–H groups in total. The Morgan fingerprint density at radius 3 is 2.58 bits per heavy atom. The third-order valence-electron chi connectivity index (χ3n) is 5.14. The summed E-state index contributed by atoms with van der Waals surface area (Å²) in [6, 6.07) is 12.3. The molecule has 6 heteroatoms. The number of nitrogens with zero attached hydrogens (tertiary/aromatic N) is 2. The standard InChI is InChI=1S/C25H26N2O3S/c1-25(2,3)30-23(28)12-16-11-19(15-26-14-16)22-8-7-21(31-22)18-5-6-20-17(13-18)9-10-27(4)24(20)29/h5-8,11,13-15H,9-10,12H2,1-4H3. The minimum absolute atomic E-state index is 0.0903. The van der Waals surface area contributed by atoms with E-state index >= 15 is 0 Å². The van der Waals surface area contributed by atoms with Crippen molar-refractivity contribution in [2.24, 2.45) is 0 Å². The summed E-state index contributed by atoms with van der Waals surface area (Å²) in [6.45, 7) is 6.34. The lowest BCUT2D eigenvalue weighted by Crippen LogP contribution is -2.34. The van der Waals surface area contributed by atoms with Crippen molar-refractivity contribution < 1.29 is 14.3 Å².